The van der Waals surface area contributed by atoms with Gasteiger partial charge in [-0.3, -0.25) is 0 Å². The summed E-state index contributed by atoms with van der Waals surface area (Å²) in [5, 5.41) is 0. The van der Waals surface area contributed by atoms with Crippen molar-refractivity contribution in [3.8, 4) is 22.3 Å². The molecule has 0 aromatic heterocycles. The van der Waals surface area contributed by atoms with Crippen molar-refractivity contribution in [3.05, 3.63) is 129 Å². The molecular formula is C53H74HfSi. The molecule has 2 atom stereocenters. The predicted molar refractivity (Wildman–Crippen MR) is 248 cm³/mol. The van der Waals surface area contributed by atoms with E-state index in [4.69, 9.17) is 0 Å². The molecule has 0 fully saturated rings. The molecule has 2 aliphatic rings. The first-order chi connectivity index (χ1) is 24.9. The van der Waals surface area contributed by atoms with E-state index in [1.54, 1.807) is 11.1 Å². The average Bonchev–Trinajstić information content (AvgIpc) is 3.73. The molecule has 2 heteroatoms. The van der Waals surface area contributed by atoms with Crippen molar-refractivity contribution in [1.82, 2.24) is 0 Å². The maximum absolute atomic E-state index is 5.09. The monoisotopic (exact) mass is 919 g/mol. The molecule has 4 aromatic rings. The van der Waals surface area contributed by atoms with Crippen molar-refractivity contribution in [3.63, 3.8) is 0 Å². The van der Waals surface area contributed by atoms with Gasteiger partial charge in [-0.25, -0.2) is 0 Å². The average molecular weight is 918 g/mol. The molecule has 0 radical (unpaired) electrons. The van der Waals surface area contributed by atoms with Crippen LogP contribution < -0.4 is 0 Å². The summed E-state index contributed by atoms with van der Waals surface area (Å²) in [6, 6.07) is 29.3. The minimum atomic E-state index is -5.09. The molecule has 0 spiro atoms. The topological polar surface area (TPSA) is 0 Å². The Hall–Kier alpha value is -2.55. The van der Waals surface area contributed by atoms with Gasteiger partial charge in [-0.2, -0.15) is 0 Å². The molecule has 0 saturated carbocycles. The van der Waals surface area contributed by atoms with Crippen molar-refractivity contribution in [2.75, 3.05) is 0 Å². The second kappa shape index (κ2) is 12.2. The molecule has 0 aliphatic heterocycles. The van der Waals surface area contributed by atoms with Gasteiger partial charge in [-0.15, -0.1) is 0 Å². The standard InChI is InChI=1S/2C23H27.C4H9.3CH3.Hf.H2Si/c2*1-22(2,3)18-13-17(14-19(15-18)23(4,5)6)21-12-8-10-16-9-7-11-20(16)21;1-3-4-2;;;;;/h2*7-15H,1-6H3;1,3-4H2,2H3;3*1H3;;1H2. The van der Waals surface area contributed by atoms with E-state index in [9.17, 15) is 0 Å². The molecule has 294 valence electrons. The number of hydrogen-bond donors (Lipinski definition) is 0. The summed E-state index contributed by atoms with van der Waals surface area (Å²) in [5.41, 5.74) is 17.4. The first kappa shape index (κ1) is 42.1. The van der Waals surface area contributed by atoms with Crippen molar-refractivity contribution >= 4 is 19.1 Å². The molecule has 55 heavy (non-hydrogen) atoms. The maximum atomic E-state index is 2.86. The van der Waals surface area contributed by atoms with E-state index in [1.807, 2.05) is 0 Å². The van der Waals surface area contributed by atoms with Crippen LogP contribution >= 0.6 is 0 Å². The Morgan fingerprint density at radius 2 is 0.836 bits per heavy atom. The third kappa shape index (κ3) is 7.28. The van der Waals surface area contributed by atoms with Crippen molar-refractivity contribution in [1.29, 1.82) is 0 Å². The Bertz CT molecular complexity index is 2160. The van der Waals surface area contributed by atoms with E-state index in [0.717, 1.165) is 0 Å². The van der Waals surface area contributed by atoms with Gasteiger partial charge in [0.05, 0.1) is 0 Å². The van der Waals surface area contributed by atoms with Gasteiger partial charge in [0.15, 0.2) is 0 Å². The van der Waals surface area contributed by atoms with Crippen molar-refractivity contribution < 1.29 is 14.2 Å². The number of rotatable bonds is 7. The summed E-state index contributed by atoms with van der Waals surface area (Å²) in [6.07, 6.45) is 12.9. The van der Waals surface area contributed by atoms with Crippen LogP contribution in [0, 0.1) is 0 Å². The van der Waals surface area contributed by atoms with Crippen LogP contribution in [0.4, 0.5) is 0 Å². The Labute approximate surface area is 332 Å². The van der Waals surface area contributed by atoms with Crippen LogP contribution in [0.25, 0.3) is 34.4 Å². The zero-order valence-corrected chi connectivity index (χ0v) is 42.7. The van der Waals surface area contributed by atoms with E-state index in [0.29, 0.717) is 7.35 Å². The van der Waals surface area contributed by atoms with Crippen LogP contribution in [-0.2, 0) is 35.8 Å². The molecule has 2 unspecified atom stereocenters. The second-order valence-electron chi connectivity index (χ2n) is 25.6. The number of hydrogen-bond acceptors (Lipinski definition) is 0. The van der Waals surface area contributed by atoms with E-state index in [1.165, 1.54) is 72.7 Å². The zero-order valence-electron chi connectivity index (χ0n) is 37.7. The Morgan fingerprint density at radius 3 is 1.13 bits per heavy atom. The molecule has 0 amide bonds. The molecule has 0 heterocycles. The summed E-state index contributed by atoms with van der Waals surface area (Å²) in [7, 11) is 0. The first-order valence-electron chi connectivity index (χ1n) is 21.4. The van der Waals surface area contributed by atoms with Crippen LogP contribution in [0.15, 0.2) is 84.9 Å². The molecular weight excluding hydrogens is 843 g/mol. The van der Waals surface area contributed by atoms with E-state index in [2.05, 4.69) is 208 Å². The van der Waals surface area contributed by atoms with Crippen LogP contribution in [0.1, 0.15) is 155 Å². The fraction of sp³-hybridized carbons (Fsp3) is 0.472. The third-order valence-corrected chi connectivity index (χ3v) is 60.7. The minimum absolute atomic E-state index is 0.0694. The van der Waals surface area contributed by atoms with Crippen molar-refractivity contribution in [2.24, 2.45) is 0 Å². The molecule has 0 saturated heterocycles. The number of unbranched alkanes of at least 4 members (excludes halogenated alkanes) is 1. The normalized spacial score (nSPS) is 19.4. The van der Waals surface area contributed by atoms with E-state index in [-0.39, 0.29) is 21.7 Å². The molecule has 0 N–H and O–H groups in total. The molecule has 4 aromatic carbocycles. The quantitative estimate of drug-likeness (QED) is 0.162. The Morgan fingerprint density at radius 1 is 0.509 bits per heavy atom. The molecule has 2 aliphatic carbocycles. The number of fused-ring (bicyclic) bond motifs is 2. The van der Waals surface area contributed by atoms with Crippen LogP contribution in [0.3, 0.4) is 0 Å². The predicted octanol–water partition coefficient (Wildman–Crippen LogP) is 15.7. The van der Waals surface area contributed by atoms with Crippen LogP contribution in [-0.4, -0.2) is 6.94 Å². The van der Waals surface area contributed by atoms with Gasteiger partial charge in [0.1, 0.15) is 0 Å². The Kier molecular flexibility index (Phi) is 9.36. The molecule has 0 nitrogen and oxygen atoms in total. The summed E-state index contributed by atoms with van der Waals surface area (Å²) in [4.78, 5) is 0. The molecule has 6 rings (SSSR count). The number of allylic oxidation sites excluding steroid dienone is 2. The fourth-order valence-corrected chi connectivity index (χ4v) is 50.0. The first-order valence-corrected chi connectivity index (χ1v) is 47.2. The summed E-state index contributed by atoms with van der Waals surface area (Å²) in [5.74, 6) is 0. The van der Waals surface area contributed by atoms with Crippen LogP contribution in [0.2, 0.25) is 18.2 Å². The van der Waals surface area contributed by atoms with E-state index >= 15 is 0 Å². The van der Waals surface area contributed by atoms with Gasteiger partial charge in [-0.05, 0) is 0 Å². The SMILES string of the molecule is CCC[CH2][Hf]([CH3])([CH3])([CH3])(=[SiH2])([CH]1C=Cc2c(-c3cc(C(C)(C)C)cc(C(C)(C)C)c3)cccc21)[CH]1C=Cc2c(-c3cc(C(C)(C)C)cc(C(C)(C)C)c3)cccc21. The second-order valence-corrected chi connectivity index (χ2v) is 107. The van der Waals surface area contributed by atoms with Crippen LogP contribution in [0.5, 0.6) is 0 Å². The van der Waals surface area contributed by atoms with Gasteiger partial charge in [0, 0.05) is 0 Å². The number of benzene rings is 4. The summed E-state index contributed by atoms with van der Waals surface area (Å²) < 4.78 is 10.7. The zero-order chi connectivity index (χ0) is 40.9. The third-order valence-electron chi connectivity index (χ3n) is 14.7. The van der Waals surface area contributed by atoms with Gasteiger partial charge in [-0.1, -0.05) is 0 Å². The van der Waals surface area contributed by atoms with Gasteiger partial charge >= 0.3 is 335 Å². The Balaban J connectivity index is 1.57. The summed E-state index contributed by atoms with van der Waals surface area (Å²) >= 11 is -5.09. The van der Waals surface area contributed by atoms with Gasteiger partial charge < -0.3 is 0 Å². The molecule has 0 bridgehead atoms. The van der Waals surface area contributed by atoms with E-state index < -0.39 is 14.2 Å². The summed E-state index contributed by atoms with van der Waals surface area (Å²) in [6.45, 7) is 33.1. The van der Waals surface area contributed by atoms with Crippen molar-refractivity contribution in [2.45, 2.75) is 150 Å². The fourth-order valence-electron chi connectivity index (χ4n) is 10.5. The van der Waals surface area contributed by atoms with Gasteiger partial charge in [0.25, 0.3) is 0 Å². The van der Waals surface area contributed by atoms with Gasteiger partial charge in [0.2, 0.25) is 0 Å².